The second kappa shape index (κ2) is 11.3. The molecule has 0 saturated heterocycles. The highest BCUT2D eigenvalue weighted by molar-refractivity contribution is 7.17. The average Bonchev–Trinajstić information content (AvgIpc) is 2.35. The summed E-state index contributed by atoms with van der Waals surface area (Å²) in [5, 5.41) is 0. The molecule has 0 bridgehead atoms. The van der Waals surface area contributed by atoms with Crippen molar-refractivity contribution < 1.29 is 0 Å². The van der Waals surface area contributed by atoms with E-state index in [4.69, 9.17) is 0 Å². The average molecular weight is 272 g/mol. The van der Waals surface area contributed by atoms with E-state index < -0.39 is 0 Å². The maximum Gasteiger partial charge on any atom is -0.0208 e. The first-order valence-corrected chi connectivity index (χ1v) is 9.09. The molecule has 0 amide bonds. The van der Waals surface area contributed by atoms with Gasteiger partial charge in [0.1, 0.15) is 0 Å². The predicted octanol–water partition coefficient (Wildman–Crippen LogP) is 6.59. The molecule has 0 aliphatic carbocycles. The lowest BCUT2D eigenvalue weighted by Gasteiger charge is -2.39. The van der Waals surface area contributed by atoms with E-state index in [9.17, 15) is 0 Å². The van der Waals surface area contributed by atoms with Crippen LogP contribution in [0.15, 0.2) is 0 Å². The van der Waals surface area contributed by atoms with Crippen molar-refractivity contribution in [1.29, 1.82) is 0 Å². The van der Waals surface area contributed by atoms with Crippen LogP contribution in [0, 0.1) is 5.41 Å². The summed E-state index contributed by atoms with van der Waals surface area (Å²) >= 11 is 0. The van der Waals surface area contributed by atoms with Crippen LogP contribution in [0.2, 0.25) is 0 Å². The Balaban J connectivity index is 4.39. The maximum absolute atomic E-state index is 3.21. The molecular weight excluding hydrogens is 235 g/mol. The van der Waals surface area contributed by atoms with E-state index in [0.29, 0.717) is 5.41 Å². The summed E-state index contributed by atoms with van der Waals surface area (Å²) in [6, 6.07) is 0. The molecule has 110 valence electrons. The third-order valence-electron chi connectivity index (χ3n) is 4.40. The van der Waals surface area contributed by atoms with Gasteiger partial charge >= 0.3 is 0 Å². The lowest BCUT2D eigenvalue weighted by Crippen LogP contribution is -2.31. The lowest BCUT2D eigenvalue weighted by atomic mass is 9.71. The summed E-state index contributed by atoms with van der Waals surface area (Å²) < 4.78 is 0. The minimum absolute atomic E-state index is 0.620. The fraction of sp³-hybridized carbons (Fsp3) is 1.00. The summed E-state index contributed by atoms with van der Waals surface area (Å²) in [6.07, 6.45) is 15.4. The first-order valence-electron chi connectivity index (χ1n) is 8.42. The van der Waals surface area contributed by atoms with Gasteiger partial charge in [0, 0.05) is 0 Å². The van der Waals surface area contributed by atoms with Crippen molar-refractivity contribution in [2.24, 2.45) is 5.41 Å². The highest BCUT2D eigenvalue weighted by Gasteiger charge is 2.33. The van der Waals surface area contributed by atoms with E-state index in [0.717, 1.165) is 5.66 Å². The highest BCUT2D eigenvalue weighted by atomic mass is 31.0. The van der Waals surface area contributed by atoms with E-state index in [1.165, 1.54) is 70.6 Å². The molecule has 0 fully saturated rings. The summed E-state index contributed by atoms with van der Waals surface area (Å²) in [5.74, 6) is 0. The Labute approximate surface area is 119 Å². The van der Waals surface area contributed by atoms with Crippen LogP contribution in [0.1, 0.15) is 98.3 Å². The van der Waals surface area contributed by atoms with Crippen LogP contribution in [-0.2, 0) is 0 Å². The van der Waals surface area contributed by atoms with Gasteiger partial charge in [-0.2, -0.15) is 0 Å². The molecule has 0 heterocycles. The molecule has 0 aromatic rings. The number of hydrogen-bond donors (Lipinski definition) is 0. The van der Waals surface area contributed by atoms with Gasteiger partial charge in [0.2, 0.25) is 0 Å². The molecule has 2 atom stereocenters. The topological polar surface area (TPSA) is 0 Å². The van der Waals surface area contributed by atoms with Crippen LogP contribution in [0.4, 0.5) is 0 Å². The summed E-state index contributed by atoms with van der Waals surface area (Å²) in [6.45, 7) is 9.37. The van der Waals surface area contributed by atoms with Crippen LogP contribution in [-0.4, -0.2) is 5.66 Å². The molecule has 1 heteroatoms. The summed E-state index contributed by atoms with van der Waals surface area (Å²) in [5.41, 5.74) is 1.46. The monoisotopic (exact) mass is 272 g/mol. The van der Waals surface area contributed by atoms with Crippen LogP contribution >= 0.6 is 9.24 Å². The van der Waals surface area contributed by atoms with E-state index in [1.54, 1.807) is 0 Å². The van der Waals surface area contributed by atoms with Gasteiger partial charge in [0.15, 0.2) is 0 Å². The van der Waals surface area contributed by atoms with Crippen molar-refractivity contribution >= 4 is 9.24 Å². The molecule has 0 nitrogen and oxygen atoms in total. The zero-order valence-electron chi connectivity index (χ0n) is 13.4. The zero-order valence-corrected chi connectivity index (χ0v) is 14.6. The molecule has 0 saturated carbocycles. The van der Waals surface area contributed by atoms with E-state index >= 15 is 0 Å². The molecule has 0 radical (unpaired) electrons. The smallest absolute Gasteiger partial charge is 0.0208 e. The van der Waals surface area contributed by atoms with Gasteiger partial charge in [-0.3, -0.25) is 0 Å². The Kier molecular flexibility index (Phi) is 11.5. The third kappa shape index (κ3) is 6.55. The van der Waals surface area contributed by atoms with Crippen molar-refractivity contribution in [3.8, 4) is 0 Å². The quantitative estimate of drug-likeness (QED) is 0.278. The molecule has 0 aromatic carbocycles. The Bertz CT molecular complexity index is 159. The Morgan fingerprint density at radius 2 is 1.22 bits per heavy atom. The normalized spacial score (nSPS) is 13.8. The second-order valence-electron chi connectivity index (χ2n) is 6.07. The third-order valence-corrected chi connectivity index (χ3v) is 5.44. The van der Waals surface area contributed by atoms with Gasteiger partial charge < -0.3 is 0 Å². The Hall–Kier alpha value is 0.430. The first kappa shape index (κ1) is 18.4. The largest absolute Gasteiger partial charge is 0.134 e. The SMILES string of the molecule is CCCCCCC(P)C(CCC)(CCC)CCC. The van der Waals surface area contributed by atoms with Gasteiger partial charge in [0.05, 0.1) is 0 Å². The van der Waals surface area contributed by atoms with Crippen molar-refractivity contribution in [1.82, 2.24) is 0 Å². The minimum atomic E-state index is 0.620. The second-order valence-corrected chi connectivity index (χ2v) is 6.87. The van der Waals surface area contributed by atoms with Gasteiger partial charge in [-0.25, -0.2) is 0 Å². The van der Waals surface area contributed by atoms with Gasteiger partial charge in [-0.1, -0.05) is 72.6 Å². The van der Waals surface area contributed by atoms with E-state index in [1.807, 2.05) is 0 Å². The number of unbranched alkanes of at least 4 members (excludes halogenated alkanes) is 3. The predicted molar refractivity (Wildman–Crippen MR) is 89.4 cm³/mol. The van der Waals surface area contributed by atoms with Crippen molar-refractivity contribution in [2.75, 3.05) is 0 Å². The van der Waals surface area contributed by atoms with Crippen molar-refractivity contribution in [2.45, 2.75) is 104 Å². The van der Waals surface area contributed by atoms with Crippen LogP contribution in [0.3, 0.4) is 0 Å². The number of hydrogen-bond acceptors (Lipinski definition) is 0. The van der Waals surface area contributed by atoms with Gasteiger partial charge in [-0.15, -0.1) is 9.24 Å². The molecule has 2 unspecified atom stereocenters. The Morgan fingerprint density at radius 1 is 0.722 bits per heavy atom. The maximum atomic E-state index is 3.21. The standard InChI is InChI=1S/C17H37P/c1-5-9-10-11-12-16(18)17(13-6-2,14-7-3)15-8-4/h16H,5-15,18H2,1-4H3. The van der Waals surface area contributed by atoms with Gasteiger partial charge in [-0.05, 0) is 36.8 Å². The minimum Gasteiger partial charge on any atom is -0.134 e. The lowest BCUT2D eigenvalue weighted by molar-refractivity contribution is 0.195. The first-order chi connectivity index (χ1) is 8.66. The van der Waals surface area contributed by atoms with Gasteiger partial charge in [0.25, 0.3) is 0 Å². The van der Waals surface area contributed by atoms with Crippen molar-refractivity contribution in [3.05, 3.63) is 0 Å². The molecule has 0 N–H and O–H groups in total. The molecular formula is C17H37P. The molecule has 0 aliphatic rings. The number of rotatable bonds is 12. The molecule has 0 aliphatic heterocycles. The van der Waals surface area contributed by atoms with E-state index in [-0.39, 0.29) is 0 Å². The van der Waals surface area contributed by atoms with E-state index in [2.05, 4.69) is 36.9 Å². The summed E-state index contributed by atoms with van der Waals surface area (Å²) in [4.78, 5) is 0. The fourth-order valence-electron chi connectivity index (χ4n) is 3.52. The Morgan fingerprint density at radius 3 is 1.61 bits per heavy atom. The van der Waals surface area contributed by atoms with Crippen molar-refractivity contribution in [3.63, 3.8) is 0 Å². The van der Waals surface area contributed by atoms with Crippen LogP contribution in [0.25, 0.3) is 0 Å². The summed E-state index contributed by atoms with van der Waals surface area (Å²) in [7, 11) is 3.21. The highest BCUT2D eigenvalue weighted by Crippen LogP contribution is 2.44. The zero-order chi connectivity index (χ0) is 13.9. The molecule has 0 spiro atoms. The molecule has 0 aromatic heterocycles. The molecule has 18 heavy (non-hydrogen) atoms. The van der Waals surface area contributed by atoms with Crippen LogP contribution < -0.4 is 0 Å². The molecule has 0 rings (SSSR count). The van der Waals surface area contributed by atoms with Crippen LogP contribution in [0.5, 0.6) is 0 Å². The fourth-order valence-corrected chi connectivity index (χ4v) is 4.26.